The van der Waals surface area contributed by atoms with Gasteiger partial charge in [-0.25, -0.2) is 9.07 Å². The Morgan fingerprint density at radius 3 is 3.11 bits per heavy atom. The van der Waals surface area contributed by atoms with Crippen molar-refractivity contribution in [3.8, 4) is 6.07 Å². The van der Waals surface area contributed by atoms with Crippen molar-refractivity contribution in [2.75, 3.05) is 11.9 Å². The molecule has 1 aliphatic rings. The lowest BCUT2D eigenvalue weighted by Crippen LogP contribution is -2.15. The Balaban J connectivity index is 2.13. The standard InChI is InChI=1S/C13H9FN4/c14-11-3-1-2-9(6-11)12-4-5-16-13-10(7-15)8-17-18(12)13/h1-4,6,8,16H,5H2. The molecule has 1 N–H and O–H groups in total. The van der Waals surface area contributed by atoms with Crippen molar-refractivity contribution in [3.05, 3.63) is 53.5 Å². The third-order valence-electron chi connectivity index (χ3n) is 2.80. The molecule has 0 fully saturated rings. The van der Waals surface area contributed by atoms with E-state index in [0.29, 0.717) is 17.9 Å². The van der Waals surface area contributed by atoms with Crippen molar-refractivity contribution in [1.82, 2.24) is 9.78 Å². The lowest BCUT2D eigenvalue weighted by atomic mass is 10.1. The lowest BCUT2D eigenvalue weighted by Gasteiger charge is -2.18. The van der Waals surface area contributed by atoms with Gasteiger partial charge in [0, 0.05) is 12.1 Å². The van der Waals surface area contributed by atoms with Crippen LogP contribution >= 0.6 is 0 Å². The van der Waals surface area contributed by atoms with Gasteiger partial charge >= 0.3 is 0 Å². The fourth-order valence-electron chi connectivity index (χ4n) is 2.00. The number of aromatic nitrogens is 2. The van der Waals surface area contributed by atoms with Crippen LogP contribution in [0.5, 0.6) is 0 Å². The molecule has 1 aliphatic heterocycles. The summed E-state index contributed by atoms with van der Waals surface area (Å²) in [5.41, 5.74) is 2.01. The fourth-order valence-corrected chi connectivity index (χ4v) is 2.00. The normalized spacial score (nSPS) is 13.2. The molecule has 0 bridgehead atoms. The zero-order valence-corrected chi connectivity index (χ0v) is 9.39. The molecule has 18 heavy (non-hydrogen) atoms. The Bertz CT molecular complexity index is 679. The van der Waals surface area contributed by atoms with Crippen molar-refractivity contribution >= 4 is 11.5 Å². The molecular formula is C13H9FN4. The SMILES string of the molecule is N#Cc1cnn2c1NCC=C2c1cccc(F)c1. The molecule has 0 radical (unpaired) electrons. The van der Waals surface area contributed by atoms with Crippen LogP contribution in [0.15, 0.2) is 36.5 Å². The van der Waals surface area contributed by atoms with Gasteiger partial charge in [-0.05, 0) is 18.2 Å². The van der Waals surface area contributed by atoms with E-state index in [1.54, 1.807) is 10.7 Å². The van der Waals surface area contributed by atoms with E-state index < -0.39 is 0 Å². The van der Waals surface area contributed by atoms with E-state index in [0.717, 1.165) is 11.3 Å². The summed E-state index contributed by atoms with van der Waals surface area (Å²) in [6, 6.07) is 8.39. The van der Waals surface area contributed by atoms with Gasteiger partial charge in [0.1, 0.15) is 23.3 Å². The molecule has 88 valence electrons. The summed E-state index contributed by atoms with van der Waals surface area (Å²) in [6.45, 7) is 0.590. The van der Waals surface area contributed by atoms with Crippen molar-refractivity contribution in [2.45, 2.75) is 0 Å². The first kappa shape index (κ1) is 10.5. The van der Waals surface area contributed by atoms with Crippen LogP contribution in [0.4, 0.5) is 10.2 Å². The second kappa shape index (κ2) is 4.00. The van der Waals surface area contributed by atoms with Gasteiger partial charge < -0.3 is 5.32 Å². The number of nitriles is 1. The zero-order chi connectivity index (χ0) is 12.5. The number of hydrogen-bond acceptors (Lipinski definition) is 3. The maximum absolute atomic E-state index is 13.2. The van der Waals surface area contributed by atoms with E-state index in [1.165, 1.54) is 18.3 Å². The molecule has 1 aromatic carbocycles. The molecule has 0 saturated heterocycles. The van der Waals surface area contributed by atoms with Gasteiger partial charge in [0.15, 0.2) is 0 Å². The Kier molecular flexibility index (Phi) is 2.34. The Morgan fingerprint density at radius 2 is 2.33 bits per heavy atom. The average molecular weight is 240 g/mol. The smallest absolute Gasteiger partial charge is 0.148 e. The Morgan fingerprint density at radius 1 is 1.44 bits per heavy atom. The third-order valence-corrected chi connectivity index (χ3v) is 2.80. The molecule has 0 aliphatic carbocycles. The molecule has 5 heteroatoms. The van der Waals surface area contributed by atoms with Gasteiger partial charge in [-0.3, -0.25) is 0 Å². The minimum absolute atomic E-state index is 0.291. The molecule has 0 spiro atoms. The van der Waals surface area contributed by atoms with Gasteiger partial charge in [0.2, 0.25) is 0 Å². The monoisotopic (exact) mass is 240 g/mol. The lowest BCUT2D eigenvalue weighted by molar-refractivity contribution is 0.627. The van der Waals surface area contributed by atoms with Crippen LogP contribution in [0.2, 0.25) is 0 Å². The molecule has 4 nitrogen and oxygen atoms in total. The predicted molar refractivity (Wildman–Crippen MR) is 65.2 cm³/mol. The number of hydrogen-bond donors (Lipinski definition) is 1. The van der Waals surface area contributed by atoms with Crippen LogP contribution in [0.3, 0.4) is 0 Å². The first-order valence-electron chi connectivity index (χ1n) is 5.48. The second-order valence-corrected chi connectivity index (χ2v) is 3.91. The van der Waals surface area contributed by atoms with Crippen LogP contribution in [0.1, 0.15) is 11.1 Å². The summed E-state index contributed by atoms with van der Waals surface area (Å²) in [5.74, 6) is 0.361. The van der Waals surface area contributed by atoms with E-state index in [2.05, 4.69) is 16.5 Å². The maximum Gasteiger partial charge on any atom is 0.148 e. The molecule has 1 aromatic heterocycles. The summed E-state index contributed by atoms with van der Waals surface area (Å²) in [6.07, 6.45) is 3.41. The highest BCUT2D eigenvalue weighted by Gasteiger charge is 2.18. The van der Waals surface area contributed by atoms with Gasteiger partial charge in [-0.1, -0.05) is 12.1 Å². The van der Waals surface area contributed by atoms with Crippen molar-refractivity contribution in [1.29, 1.82) is 5.26 Å². The average Bonchev–Trinajstić information content (AvgIpc) is 2.81. The predicted octanol–water partition coefficient (Wildman–Crippen LogP) is 2.21. The van der Waals surface area contributed by atoms with E-state index in [4.69, 9.17) is 5.26 Å². The highest BCUT2D eigenvalue weighted by Crippen LogP contribution is 2.26. The minimum Gasteiger partial charge on any atom is -0.365 e. The summed E-state index contributed by atoms with van der Waals surface area (Å²) >= 11 is 0. The number of fused-ring (bicyclic) bond motifs is 1. The minimum atomic E-state index is -0.291. The van der Waals surface area contributed by atoms with Gasteiger partial charge in [0.05, 0.1) is 11.9 Å². The molecule has 2 aromatic rings. The summed E-state index contributed by atoms with van der Waals surface area (Å²) in [7, 11) is 0. The first-order chi connectivity index (χ1) is 8.79. The van der Waals surface area contributed by atoms with Crippen molar-refractivity contribution in [3.63, 3.8) is 0 Å². The van der Waals surface area contributed by atoms with Gasteiger partial charge in [-0.2, -0.15) is 10.4 Å². The van der Waals surface area contributed by atoms with Crippen LogP contribution in [-0.2, 0) is 0 Å². The highest BCUT2D eigenvalue weighted by molar-refractivity contribution is 5.73. The van der Waals surface area contributed by atoms with E-state index in [9.17, 15) is 4.39 Å². The van der Waals surface area contributed by atoms with E-state index >= 15 is 0 Å². The van der Waals surface area contributed by atoms with Crippen LogP contribution in [0.25, 0.3) is 5.70 Å². The number of benzene rings is 1. The Hall–Kier alpha value is -2.61. The van der Waals surface area contributed by atoms with Crippen LogP contribution in [-0.4, -0.2) is 16.3 Å². The first-order valence-corrected chi connectivity index (χ1v) is 5.48. The van der Waals surface area contributed by atoms with E-state index in [1.807, 2.05) is 12.1 Å². The fraction of sp³-hybridized carbons (Fsp3) is 0.0769. The maximum atomic E-state index is 13.2. The zero-order valence-electron chi connectivity index (χ0n) is 9.39. The quantitative estimate of drug-likeness (QED) is 0.831. The molecule has 2 heterocycles. The Labute approximate surface area is 103 Å². The molecule has 0 atom stereocenters. The summed E-state index contributed by atoms with van der Waals surface area (Å²) in [4.78, 5) is 0. The molecule has 0 saturated carbocycles. The topological polar surface area (TPSA) is 53.6 Å². The number of rotatable bonds is 1. The van der Waals surface area contributed by atoms with Gasteiger partial charge in [0.25, 0.3) is 0 Å². The summed E-state index contributed by atoms with van der Waals surface area (Å²) in [5, 5.41) is 16.2. The van der Waals surface area contributed by atoms with Crippen molar-refractivity contribution in [2.24, 2.45) is 0 Å². The largest absolute Gasteiger partial charge is 0.365 e. The molecule has 0 unspecified atom stereocenters. The van der Waals surface area contributed by atoms with Crippen LogP contribution < -0.4 is 5.32 Å². The summed E-state index contributed by atoms with van der Waals surface area (Å²) < 4.78 is 14.9. The second-order valence-electron chi connectivity index (χ2n) is 3.91. The number of anilines is 1. The molecule has 3 rings (SSSR count). The number of nitrogens with one attached hydrogen (secondary N) is 1. The van der Waals surface area contributed by atoms with Gasteiger partial charge in [-0.15, -0.1) is 0 Å². The number of nitrogens with zero attached hydrogens (tertiary/aromatic N) is 3. The van der Waals surface area contributed by atoms with E-state index in [-0.39, 0.29) is 5.82 Å². The molecule has 0 amide bonds. The molecular weight excluding hydrogens is 231 g/mol. The van der Waals surface area contributed by atoms with Crippen molar-refractivity contribution < 1.29 is 4.39 Å². The van der Waals surface area contributed by atoms with Crippen LogP contribution in [0, 0.1) is 17.1 Å². The highest BCUT2D eigenvalue weighted by atomic mass is 19.1. The number of halogens is 1. The third kappa shape index (κ3) is 1.55.